The molecule has 23 heavy (non-hydrogen) atoms. The van der Waals surface area contributed by atoms with Crippen molar-refractivity contribution in [3.05, 3.63) is 77.7 Å². The number of rotatable bonds is 3. The van der Waals surface area contributed by atoms with Gasteiger partial charge in [0.25, 0.3) is 0 Å². The van der Waals surface area contributed by atoms with E-state index in [9.17, 15) is 4.79 Å². The molecule has 4 heteroatoms. The standard InChI is InChI=1S/C19H16O4/c1-13(20)23-19-15-10-6-7-11-16(15)22-12-17(21-2)18(19)14-8-4-3-5-9-14/h3-12H,1-2H3. The fraction of sp³-hybridized carbons (Fsp3) is 0.105. The van der Waals surface area contributed by atoms with Gasteiger partial charge in [0.05, 0.1) is 18.2 Å². The van der Waals surface area contributed by atoms with E-state index in [1.165, 1.54) is 13.2 Å². The maximum absolute atomic E-state index is 11.6. The van der Waals surface area contributed by atoms with Crippen molar-refractivity contribution in [2.24, 2.45) is 0 Å². The maximum Gasteiger partial charge on any atom is 0.308 e. The minimum absolute atomic E-state index is 0.402. The molecule has 0 unspecified atom stereocenters. The van der Waals surface area contributed by atoms with Crippen LogP contribution >= 0.6 is 0 Å². The molecule has 0 saturated carbocycles. The monoisotopic (exact) mass is 308 g/mol. The van der Waals surface area contributed by atoms with Crippen LogP contribution in [-0.2, 0) is 14.3 Å². The first-order chi connectivity index (χ1) is 11.2. The van der Waals surface area contributed by atoms with Crippen molar-refractivity contribution < 1.29 is 19.0 Å². The molecule has 1 aliphatic rings. The third kappa shape index (κ3) is 2.97. The highest BCUT2D eigenvalue weighted by Gasteiger charge is 2.25. The smallest absolute Gasteiger partial charge is 0.308 e. The van der Waals surface area contributed by atoms with Crippen molar-refractivity contribution in [2.45, 2.75) is 6.92 Å². The summed E-state index contributed by atoms with van der Waals surface area (Å²) in [5.41, 5.74) is 2.25. The molecule has 0 amide bonds. The van der Waals surface area contributed by atoms with Crippen LogP contribution in [0.15, 0.2) is 66.6 Å². The molecule has 4 nitrogen and oxygen atoms in total. The lowest BCUT2D eigenvalue weighted by Crippen LogP contribution is -2.03. The van der Waals surface area contributed by atoms with Gasteiger partial charge in [-0.25, -0.2) is 0 Å². The van der Waals surface area contributed by atoms with Gasteiger partial charge in [-0.15, -0.1) is 0 Å². The lowest BCUT2D eigenvalue weighted by Gasteiger charge is -2.15. The first-order valence-corrected chi connectivity index (χ1v) is 7.19. The predicted molar refractivity (Wildman–Crippen MR) is 87.2 cm³/mol. The number of benzene rings is 2. The number of allylic oxidation sites excluding steroid dienone is 1. The maximum atomic E-state index is 11.6. The number of para-hydroxylation sites is 1. The molecule has 1 aliphatic heterocycles. The second kappa shape index (κ2) is 6.40. The third-order valence-corrected chi connectivity index (χ3v) is 3.43. The molecule has 0 atom stereocenters. The first-order valence-electron chi connectivity index (χ1n) is 7.19. The summed E-state index contributed by atoms with van der Waals surface area (Å²) in [6.07, 6.45) is 1.53. The van der Waals surface area contributed by atoms with Gasteiger partial charge in [-0.05, 0) is 17.7 Å². The molecule has 0 aromatic heterocycles. The zero-order valence-corrected chi connectivity index (χ0v) is 12.9. The van der Waals surface area contributed by atoms with Gasteiger partial charge in [0, 0.05) is 6.92 Å². The molecule has 116 valence electrons. The lowest BCUT2D eigenvalue weighted by atomic mass is 9.99. The van der Waals surface area contributed by atoms with Crippen LogP contribution in [0.3, 0.4) is 0 Å². The van der Waals surface area contributed by atoms with Crippen LogP contribution < -0.4 is 4.74 Å². The van der Waals surface area contributed by atoms with Crippen LogP contribution in [0.25, 0.3) is 11.3 Å². The Labute approximate surface area is 134 Å². The number of methoxy groups -OCH3 is 1. The van der Waals surface area contributed by atoms with Crippen molar-refractivity contribution in [3.8, 4) is 5.75 Å². The molecule has 0 radical (unpaired) electrons. The molecule has 2 aromatic carbocycles. The molecule has 0 bridgehead atoms. The zero-order valence-electron chi connectivity index (χ0n) is 12.9. The summed E-state index contributed by atoms with van der Waals surface area (Å²) in [7, 11) is 1.56. The van der Waals surface area contributed by atoms with Gasteiger partial charge in [0.2, 0.25) is 0 Å². The Morgan fingerprint density at radius 2 is 1.70 bits per heavy atom. The van der Waals surface area contributed by atoms with Gasteiger partial charge in [0.1, 0.15) is 12.0 Å². The van der Waals surface area contributed by atoms with E-state index < -0.39 is 5.97 Å². The van der Waals surface area contributed by atoms with Crippen LogP contribution in [0.4, 0.5) is 0 Å². The second-order valence-electron chi connectivity index (χ2n) is 4.96. The van der Waals surface area contributed by atoms with Crippen LogP contribution in [0.2, 0.25) is 0 Å². The first kappa shape index (κ1) is 14.9. The highest BCUT2D eigenvalue weighted by molar-refractivity contribution is 5.99. The lowest BCUT2D eigenvalue weighted by molar-refractivity contribution is -0.134. The average molecular weight is 308 g/mol. The normalized spacial score (nSPS) is 13.4. The SMILES string of the molecule is COC1=COc2ccccc2C(OC(C)=O)=C1c1ccccc1. The van der Waals surface area contributed by atoms with Crippen LogP contribution in [-0.4, -0.2) is 13.1 Å². The van der Waals surface area contributed by atoms with Gasteiger partial charge in [0.15, 0.2) is 11.5 Å². The molecule has 0 aliphatic carbocycles. The van der Waals surface area contributed by atoms with Crippen molar-refractivity contribution in [2.75, 3.05) is 7.11 Å². The quantitative estimate of drug-likeness (QED) is 0.804. The largest absolute Gasteiger partial charge is 0.493 e. The van der Waals surface area contributed by atoms with Gasteiger partial charge in [-0.3, -0.25) is 4.79 Å². The van der Waals surface area contributed by atoms with E-state index in [0.29, 0.717) is 28.4 Å². The van der Waals surface area contributed by atoms with E-state index >= 15 is 0 Å². The predicted octanol–water partition coefficient (Wildman–Crippen LogP) is 4.00. The number of fused-ring (bicyclic) bond motifs is 1. The van der Waals surface area contributed by atoms with Crippen LogP contribution in [0.1, 0.15) is 18.1 Å². The van der Waals surface area contributed by atoms with Gasteiger partial charge in [-0.1, -0.05) is 42.5 Å². The molecule has 1 heterocycles. The number of esters is 1. The summed E-state index contributed by atoms with van der Waals surface area (Å²) in [5, 5.41) is 0. The van der Waals surface area contributed by atoms with Gasteiger partial charge >= 0.3 is 5.97 Å². The number of hydrogen-bond acceptors (Lipinski definition) is 4. The molecular weight excluding hydrogens is 292 g/mol. The summed E-state index contributed by atoms with van der Waals surface area (Å²) in [4.78, 5) is 11.6. The average Bonchev–Trinajstić information content (AvgIpc) is 2.72. The van der Waals surface area contributed by atoms with E-state index in [2.05, 4.69) is 0 Å². The fourth-order valence-corrected chi connectivity index (χ4v) is 2.46. The Hall–Kier alpha value is -3.01. The molecule has 3 rings (SSSR count). The van der Waals surface area contributed by atoms with Crippen molar-refractivity contribution in [3.63, 3.8) is 0 Å². The van der Waals surface area contributed by atoms with E-state index in [4.69, 9.17) is 14.2 Å². The van der Waals surface area contributed by atoms with E-state index in [1.807, 2.05) is 54.6 Å². The topological polar surface area (TPSA) is 44.8 Å². The summed E-state index contributed by atoms with van der Waals surface area (Å²) in [6.45, 7) is 1.38. The minimum atomic E-state index is -0.402. The van der Waals surface area contributed by atoms with E-state index in [-0.39, 0.29) is 0 Å². The summed E-state index contributed by atoms with van der Waals surface area (Å²) < 4.78 is 16.7. The summed E-state index contributed by atoms with van der Waals surface area (Å²) in [6, 6.07) is 17.0. The molecule has 2 aromatic rings. The van der Waals surface area contributed by atoms with E-state index in [0.717, 1.165) is 5.56 Å². The Balaban J connectivity index is 2.31. The molecule has 0 fully saturated rings. The van der Waals surface area contributed by atoms with Crippen LogP contribution in [0, 0.1) is 0 Å². The van der Waals surface area contributed by atoms with Crippen LogP contribution in [0.5, 0.6) is 5.75 Å². The molecular formula is C19H16O4. The number of carbonyl (C=O) groups is 1. The fourth-order valence-electron chi connectivity index (χ4n) is 2.46. The van der Waals surface area contributed by atoms with Gasteiger partial charge in [-0.2, -0.15) is 0 Å². The Kier molecular flexibility index (Phi) is 4.15. The summed E-state index contributed by atoms with van der Waals surface area (Å²) >= 11 is 0. The number of carbonyl (C=O) groups excluding carboxylic acids is 1. The number of hydrogen-bond donors (Lipinski definition) is 0. The molecule has 0 spiro atoms. The highest BCUT2D eigenvalue weighted by Crippen LogP contribution is 2.39. The Morgan fingerprint density at radius 1 is 1.00 bits per heavy atom. The Bertz CT molecular complexity index is 788. The second-order valence-corrected chi connectivity index (χ2v) is 4.96. The van der Waals surface area contributed by atoms with Gasteiger partial charge < -0.3 is 14.2 Å². The third-order valence-electron chi connectivity index (χ3n) is 3.43. The van der Waals surface area contributed by atoms with Crippen molar-refractivity contribution >= 4 is 17.3 Å². The highest BCUT2D eigenvalue weighted by atomic mass is 16.5. The summed E-state index contributed by atoms with van der Waals surface area (Å²) in [5.74, 6) is 1.11. The molecule has 0 saturated heterocycles. The molecule has 0 N–H and O–H groups in total. The van der Waals surface area contributed by atoms with Crippen molar-refractivity contribution in [1.82, 2.24) is 0 Å². The van der Waals surface area contributed by atoms with E-state index in [1.54, 1.807) is 7.11 Å². The number of ether oxygens (including phenoxy) is 3. The minimum Gasteiger partial charge on any atom is -0.493 e. The van der Waals surface area contributed by atoms with Crippen molar-refractivity contribution in [1.29, 1.82) is 0 Å². The zero-order chi connectivity index (χ0) is 16.2. The Morgan fingerprint density at radius 3 is 2.39 bits per heavy atom.